The van der Waals surface area contributed by atoms with E-state index in [4.69, 9.17) is 0 Å². The molecule has 1 aromatic carbocycles. The van der Waals surface area contributed by atoms with Crippen LogP contribution in [0, 0.1) is 5.92 Å². The molecule has 2 aliphatic rings. The van der Waals surface area contributed by atoms with Gasteiger partial charge in [0.05, 0.1) is 12.1 Å². The second-order valence-corrected chi connectivity index (χ2v) is 14.9. The predicted octanol–water partition coefficient (Wildman–Crippen LogP) is 4.50. The largest absolute Gasteiger partial charge is 0.351 e. The number of carbonyl (C=O) groups excluding carboxylic acids is 4. The Balaban J connectivity index is 1.26. The first-order valence-electron chi connectivity index (χ1n) is 17.3. The fraction of sp³-hybridized carbons (Fsp3) is 0.486. The molecule has 0 saturated carbocycles. The van der Waals surface area contributed by atoms with Crippen LogP contribution >= 0.6 is 22.7 Å². The smallest absolute Gasteiger partial charge is 0.291 e. The molecule has 264 valence electrons. The van der Waals surface area contributed by atoms with Gasteiger partial charge in [0.25, 0.3) is 17.7 Å². The number of benzene rings is 1. The van der Waals surface area contributed by atoms with Crippen LogP contribution < -0.4 is 16.0 Å². The summed E-state index contributed by atoms with van der Waals surface area (Å²) in [6.45, 7) is 5.89. The molecular weight excluding hydrogens is 675 g/mol. The van der Waals surface area contributed by atoms with E-state index in [2.05, 4.69) is 50.0 Å². The van der Waals surface area contributed by atoms with Crippen molar-refractivity contribution in [3.8, 4) is 0 Å². The topological polar surface area (TPSA) is 164 Å². The Morgan fingerprint density at radius 3 is 2.32 bits per heavy atom. The second kappa shape index (κ2) is 16.5. The van der Waals surface area contributed by atoms with E-state index in [9.17, 15) is 19.2 Å². The number of rotatable bonds is 5. The van der Waals surface area contributed by atoms with Crippen LogP contribution in [0.15, 0.2) is 41.1 Å². The third-order valence-corrected chi connectivity index (χ3v) is 10.7. The number of hydrogen-bond acceptors (Lipinski definition) is 10. The van der Waals surface area contributed by atoms with Gasteiger partial charge in [0.2, 0.25) is 11.7 Å². The van der Waals surface area contributed by atoms with Gasteiger partial charge in [0.1, 0.15) is 27.2 Å². The van der Waals surface area contributed by atoms with Crippen molar-refractivity contribution in [2.75, 3.05) is 19.6 Å². The Hall–Kier alpha value is -4.50. The monoisotopic (exact) mass is 717 g/mol. The van der Waals surface area contributed by atoms with Crippen LogP contribution in [0.4, 0.5) is 0 Å². The van der Waals surface area contributed by atoms with Crippen molar-refractivity contribution in [1.82, 2.24) is 45.6 Å². The number of aromatic nitrogens is 5. The van der Waals surface area contributed by atoms with Crippen molar-refractivity contribution < 1.29 is 19.2 Å². The Labute approximate surface area is 299 Å². The number of hydrogen-bond donors (Lipinski definition) is 3. The molecule has 50 heavy (non-hydrogen) atoms. The summed E-state index contributed by atoms with van der Waals surface area (Å²) in [6, 6.07) is 8.93. The van der Waals surface area contributed by atoms with E-state index in [0.29, 0.717) is 67.7 Å². The van der Waals surface area contributed by atoms with E-state index in [-0.39, 0.29) is 53.4 Å². The molecule has 0 unspecified atom stereocenters. The molecule has 15 heteroatoms. The van der Waals surface area contributed by atoms with Gasteiger partial charge in [-0.2, -0.15) is 0 Å². The van der Waals surface area contributed by atoms with Crippen molar-refractivity contribution in [3.05, 3.63) is 79.7 Å². The van der Waals surface area contributed by atoms with Crippen LogP contribution in [0.25, 0.3) is 0 Å². The van der Waals surface area contributed by atoms with Gasteiger partial charge in [-0.3, -0.25) is 19.2 Å². The minimum atomic E-state index is -0.496. The van der Waals surface area contributed by atoms with E-state index < -0.39 is 6.04 Å². The van der Waals surface area contributed by atoms with E-state index in [1.165, 1.54) is 22.7 Å². The molecule has 3 N–H and O–H groups in total. The molecule has 0 spiro atoms. The highest BCUT2D eigenvalue weighted by Crippen LogP contribution is 2.27. The first-order valence-corrected chi connectivity index (χ1v) is 19.1. The van der Waals surface area contributed by atoms with Crippen molar-refractivity contribution in [3.63, 3.8) is 0 Å². The predicted molar refractivity (Wildman–Crippen MR) is 190 cm³/mol. The second-order valence-electron chi connectivity index (χ2n) is 13.2. The quantitative estimate of drug-likeness (QED) is 0.272. The van der Waals surface area contributed by atoms with Gasteiger partial charge >= 0.3 is 0 Å². The standard InChI is InChI=1S/C35H43N9O4S2/c1-22(2)18-24-33-40-27(21-50-33)32(47)38-25(19-23-10-4-3-5-11-23)34-39-26(20-49-34)31(46)36-14-9-16-43(15-8-13-29(45)37-24)35(48)30-42-41-28-12-6-7-17-44(28)30/h3-5,10-11,20-22,24-25H,6-9,12-19H2,1-2H3,(H,36,46)(H,37,45)(H,38,47)/t24-,25-/m0/s1. The Morgan fingerprint density at radius 2 is 1.56 bits per heavy atom. The number of thiazole rings is 2. The van der Waals surface area contributed by atoms with Crippen molar-refractivity contribution >= 4 is 46.3 Å². The molecule has 0 aliphatic carbocycles. The zero-order chi connectivity index (χ0) is 35.0. The van der Waals surface area contributed by atoms with E-state index in [0.717, 1.165) is 30.7 Å². The molecule has 6 rings (SSSR count). The molecule has 0 radical (unpaired) electrons. The highest BCUT2D eigenvalue weighted by Gasteiger charge is 2.28. The molecule has 0 fully saturated rings. The molecule has 0 saturated heterocycles. The van der Waals surface area contributed by atoms with Gasteiger partial charge < -0.3 is 25.4 Å². The van der Waals surface area contributed by atoms with Gasteiger partial charge in [-0.05, 0) is 50.0 Å². The molecule has 2 atom stereocenters. The summed E-state index contributed by atoms with van der Waals surface area (Å²) in [7, 11) is 0. The lowest BCUT2D eigenvalue weighted by Gasteiger charge is -2.24. The molecule has 4 aromatic rings. The fourth-order valence-electron chi connectivity index (χ4n) is 6.26. The lowest BCUT2D eigenvalue weighted by atomic mass is 10.0. The normalized spacial score (nSPS) is 19.6. The molecule has 5 heterocycles. The zero-order valence-electron chi connectivity index (χ0n) is 28.4. The van der Waals surface area contributed by atoms with Crippen molar-refractivity contribution in [2.45, 2.75) is 83.8 Å². The maximum atomic E-state index is 13.8. The lowest BCUT2D eigenvalue weighted by molar-refractivity contribution is -0.122. The van der Waals surface area contributed by atoms with Gasteiger partial charge in [-0.15, -0.1) is 32.9 Å². The maximum Gasteiger partial charge on any atom is 0.291 e. The third-order valence-electron chi connectivity index (χ3n) is 8.80. The van der Waals surface area contributed by atoms with Crippen LogP contribution in [0.5, 0.6) is 0 Å². The summed E-state index contributed by atoms with van der Waals surface area (Å²) >= 11 is 2.66. The average Bonchev–Trinajstić information content (AvgIpc) is 3.89. The summed E-state index contributed by atoms with van der Waals surface area (Å²) in [5.41, 5.74) is 1.54. The molecular formula is C35H43N9O4S2. The Bertz CT molecular complexity index is 1800. The van der Waals surface area contributed by atoms with E-state index in [1.807, 2.05) is 34.9 Å². The van der Waals surface area contributed by atoms with Crippen molar-refractivity contribution in [2.24, 2.45) is 5.92 Å². The SMILES string of the molecule is CC(C)C[C@@H]1NC(=O)CCCN(C(=O)c2nnc3n2CCCC3)CCCNC(=O)c2csc(n2)[C@H](Cc2ccccc2)NC(=O)c2csc1n2. The summed E-state index contributed by atoms with van der Waals surface area (Å²) in [5, 5.41) is 22.3. The zero-order valence-corrected chi connectivity index (χ0v) is 30.0. The minimum Gasteiger partial charge on any atom is -0.351 e. The van der Waals surface area contributed by atoms with Gasteiger partial charge in [0.15, 0.2) is 0 Å². The number of nitrogens with one attached hydrogen (secondary N) is 3. The van der Waals surface area contributed by atoms with Gasteiger partial charge in [-0.25, -0.2) is 9.97 Å². The van der Waals surface area contributed by atoms with Crippen molar-refractivity contribution in [1.29, 1.82) is 0 Å². The van der Waals surface area contributed by atoms with E-state index in [1.54, 1.807) is 15.7 Å². The number of aryl methyl sites for hydroxylation is 1. The van der Waals surface area contributed by atoms with Crippen LogP contribution in [0.2, 0.25) is 0 Å². The highest BCUT2D eigenvalue weighted by atomic mass is 32.1. The summed E-state index contributed by atoms with van der Waals surface area (Å²) in [6.07, 6.45) is 5.05. The molecule has 4 amide bonds. The first kappa shape index (κ1) is 35.3. The molecule has 4 bridgehead atoms. The fourth-order valence-corrected chi connectivity index (χ4v) is 7.97. The number of carbonyl (C=O) groups is 4. The highest BCUT2D eigenvalue weighted by molar-refractivity contribution is 7.10. The number of nitrogens with zero attached hydrogens (tertiary/aromatic N) is 6. The Morgan fingerprint density at radius 1 is 0.840 bits per heavy atom. The molecule has 13 nitrogen and oxygen atoms in total. The third kappa shape index (κ3) is 8.80. The molecule has 2 aliphatic heterocycles. The first-order chi connectivity index (χ1) is 24.2. The lowest BCUT2D eigenvalue weighted by Crippen LogP contribution is -2.37. The molecule has 3 aromatic heterocycles. The average molecular weight is 718 g/mol. The minimum absolute atomic E-state index is 0.149. The maximum absolute atomic E-state index is 13.8. The summed E-state index contributed by atoms with van der Waals surface area (Å²) in [4.78, 5) is 64.8. The summed E-state index contributed by atoms with van der Waals surface area (Å²) in [5.74, 6) is 0.349. The van der Waals surface area contributed by atoms with Crippen LogP contribution in [-0.2, 0) is 24.2 Å². The number of amides is 4. The number of fused-ring (bicyclic) bond motifs is 5. The van der Waals surface area contributed by atoms with Crippen LogP contribution in [-0.4, -0.2) is 72.9 Å². The van der Waals surface area contributed by atoms with Gasteiger partial charge in [-0.1, -0.05) is 44.2 Å². The Kier molecular flexibility index (Phi) is 11.6. The van der Waals surface area contributed by atoms with Gasteiger partial charge in [0, 0.05) is 49.8 Å². The summed E-state index contributed by atoms with van der Waals surface area (Å²) < 4.78 is 1.91. The van der Waals surface area contributed by atoms with Crippen LogP contribution in [0.3, 0.4) is 0 Å². The van der Waals surface area contributed by atoms with Crippen LogP contribution in [0.1, 0.15) is 117 Å². The van der Waals surface area contributed by atoms with E-state index >= 15 is 0 Å².